The van der Waals surface area contributed by atoms with Gasteiger partial charge in [-0.15, -0.1) is 10.2 Å². The van der Waals surface area contributed by atoms with E-state index in [1.807, 2.05) is 24.3 Å². The van der Waals surface area contributed by atoms with Crippen LogP contribution < -0.4 is 0 Å². The van der Waals surface area contributed by atoms with Crippen LogP contribution >= 0.6 is 0 Å². The van der Waals surface area contributed by atoms with Gasteiger partial charge in [0.25, 0.3) is 0 Å². The van der Waals surface area contributed by atoms with Crippen molar-refractivity contribution in [1.29, 1.82) is 0 Å². The number of nitrogens with zero attached hydrogens (tertiary/aromatic N) is 4. The lowest BCUT2D eigenvalue weighted by molar-refractivity contribution is 0.0989. The smallest absolute Gasteiger partial charge is 0.209 e. The van der Waals surface area contributed by atoms with Crippen molar-refractivity contribution in [2.75, 3.05) is 0 Å². The molecule has 0 amide bonds. The van der Waals surface area contributed by atoms with Crippen molar-refractivity contribution in [1.82, 2.24) is 30.6 Å². The summed E-state index contributed by atoms with van der Waals surface area (Å²) in [6.07, 6.45) is 0. The van der Waals surface area contributed by atoms with E-state index in [9.17, 15) is 9.59 Å². The zero-order chi connectivity index (χ0) is 17.7. The van der Waals surface area contributed by atoms with Gasteiger partial charge in [-0.3, -0.25) is 9.59 Å². The van der Waals surface area contributed by atoms with Crippen LogP contribution in [0.3, 0.4) is 0 Å². The fourth-order valence-corrected chi connectivity index (χ4v) is 3.15. The van der Waals surface area contributed by atoms with Crippen molar-refractivity contribution in [3.05, 3.63) is 76.9 Å². The molecule has 0 bridgehead atoms. The van der Waals surface area contributed by atoms with Gasteiger partial charge < -0.3 is 4.98 Å². The van der Waals surface area contributed by atoms with Gasteiger partial charge in [0.05, 0.1) is 22.2 Å². The van der Waals surface area contributed by atoms with Crippen molar-refractivity contribution in [2.24, 2.45) is 0 Å². The molecular formula is C18H10N6O2. The number of hydrogen-bond donors (Lipinski definition) is 2. The first kappa shape index (κ1) is 14.4. The zero-order valence-electron chi connectivity index (χ0n) is 13.2. The zero-order valence-corrected chi connectivity index (χ0v) is 13.2. The first-order chi connectivity index (χ1) is 12.7. The number of imidazole rings is 1. The Morgan fingerprint density at radius 1 is 0.885 bits per heavy atom. The molecule has 8 nitrogen and oxygen atoms in total. The van der Waals surface area contributed by atoms with Gasteiger partial charge in [-0.1, -0.05) is 36.4 Å². The molecule has 0 saturated carbocycles. The Morgan fingerprint density at radius 2 is 1.58 bits per heavy atom. The molecular weight excluding hydrogens is 332 g/mol. The number of Topliss-reactive ketones (excluding diaryl/α,β-unsaturated/α-hetero) is 2. The van der Waals surface area contributed by atoms with Gasteiger partial charge in [0.15, 0.2) is 11.6 Å². The molecule has 0 aliphatic heterocycles. The lowest BCUT2D eigenvalue weighted by atomic mass is 10.0. The molecule has 1 aliphatic carbocycles. The molecule has 0 radical (unpaired) electrons. The van der Waals surface area contributed by atoms with E-state index < -0.39 is 0 Å². The summed E-state index contributed by atoms with van der Waals surface area (Å²) in [5.74, 6) is -0.262. The molecule has 2 aromatic carbocycles. The fourth-order valence-electron chi connectivity index (χ4n) is 3.15. The van der Waals surface area contributed by atoms with E-state index in [2.05, 4.69) is 30.6 Å². The van der Waals surface area contributed by atoms with Crippen LogP contribution in [-0.4, -0.2) is 42.2 Å². The topological polar surface area (TPSA) is 117 Å². The van der Waals surface area contributed by atoms with E-state index in [4.69, 9.17) is 0 Å². The summed E-state index contributed by atoms with van der Waals surface area (Å²) in [6.45, 7) is 0. The van der Waals surface area contributed by atoms with Gasteiger partial charge >= 0.3 is 0 Å². The van der Waals surface area contributed by atoms with Crippen molar-refractivity contribution in [3.8, 4) is 0 Å². The third kappa shape index (κ3) is 1.95. The number of H-pyrrole nitrogens is 2. The minimum Gasteiger partial charge on any atom is -0.338 e. The Bertz CT molecular complexity index is 1150. The van der Waals surface area contributed by atoms with Crippen molar-refractivity contribution in [3.63, 3.8) is 0 Å². The maximum atomic E-state index is 12.9. The van der Waals surface area contributed by atoms with Crippen LogP contribution in [0.4, 0.5) is 0 Å². The molecule has 1 aliphatic rings. The minimum absolute atomic E-state index is 0.00773. The lowest BCUT2D eigenvalue weighted by Crippen LogP contribution is -2.08. The number of benzene rings is 2. The Morgan fingerprint density at radius 3 is 2.23 bits per heavy atom. The number of aromatic nitrogens is 6. The number of carbonyl (C=O) groups excluding carboxylic acids is 2. The second-order valence-corrected chi connectivity index (χ2v) is 5.79. The summed E-state index contributed by atoms with van der Waals surface area (Å²) in [7, 11) is 0. The van der Waals surface area contributed by atoms with E-state index in [1.54, 1.807) is 24.3 Å². The second-order valence-electron chi connectivity index (χ2n) is 5.79. The maximum absolute atomic E-state index is 12.9. The average Bonchev–Trinajstić information content (AvgIpc) is 3.38. The maximum Gasteiger partial charge on any atom is 0.209 e. The SMILES string of the molecule is O=C1C(=C(c2nn[nH]n2)c2nc3ccccc3[nH]2)C(=O)c2ccccc21. The second kappa shape index (κ2) is 5.28. The molecule has 0 fully saturated rings. The summed E-state index contributed by atoms with van der Waals surface area (Å²) in [4.78, 5) is 33.5. The van der Waals surface area contributed by atoms with Crippen LogP contribution in [-0.2, 0) is 0 Å². The number of ketones is 2. The predicted molar refractivity (Wildman–Crippen MR) is 91.4 cm³/mol. The minimum atomic E-state index is -0.370. The molecule has 2 heterocycles. The number of fused-ring (bicyclic) bond motifs is 2. The van der Waals surface area contributed by atoms with Crippen molar-refractivity contribution in [2.45, 2.75) is 0 Å². The van der Waals surface area contributed by atoms with Crippen LogP contribution in [0.15, 0.2) is 54.1 Å². The highest BCUT2D eigenvalue weighted by Crippen LogP contribution is 2.33. The number of hydrogen-bond acceptors (Lipinski definition) is 6. The summed E-state index contributed by atoms with van der Waals surface area (Å²) >= 11 is 0. The Kier molecular flexibility index (Phi) is 2.93. The molecule has 0 saturated heterocycles. The molecule has 0 atom stereocenters. The lowest BCUT2D eigenvalue weighted by Gasteiger charge is -2.02. The standard InChI is InChI=1S/C18H10N6O2/c25-15-9-5-1-2-6-10(9)16(26)13(15)14(18-21-23-24-22-18)17-19-11-7-3-4-8-12(11)20-17/h1-8H,(H,19,20)(H,21,22,23,24). The number of tetrazole rings is 1. The van der Waals surface area contributed by atoms with E-state index in [-0.39, 0.29) is 28.5 Å². The largest absolute Gasteiger partial charge is 0.338 e. The Balaban J connectivity index is 1.82. The first-order valence-corrected chi connectivity index (χ1v) is 7.85. The number of para-hydroxylation sites is 2. The molecule has 124 valence electrons. The highest BCUT2D eigenvalue weighted by molar-refractivity contribution is 6.42. The van der Waals surface area contributed by atoms with E-state index in [1.165, 1.54) is 0 Å². The van der Waals surface area contributed by atoms with Crippen LogP contribution in [0.5, 0.6) is 0 Å². The number of aromatic amines is 2. The third-order valence-electron chi connectivity index (χ3n) is 4.32. The molecule has 2 N–H and O–H groups in total. The highest BCUT2D eigenvalue weighted by atomic mass is 16.2. The molecule has 8 heteroatoms. The summed E-state index contributed by atoms with van der Waals surface area (Å²) in [6, 6.07) is 14.1. The first-order valence-electron chi connectivity index (χ1n) is 7.85. The quantitative estimate of drug-likeness (QED) is 0.425. The number of rotatable bonds is 2. The van der Waals surface area contributed by atoms with Gasteiger partial charge in [0, 0.05) is 11.1 Å². The number of nitrogens with one attached hydrogen (secondary N) is 2. The van der Waals surface area contributed by atoms with Crippen LogP contribution in [0, 0.1) is 0 Å². The Hall–Kier alpha value is -3.94. The molecule has 0 spiro atoms. The average molecular weight is 342 g/mol. The van der Waals surface area contributed by atoms with Crippen molar-refractivity contribution < 1.29 is 9.59 Å². The Labute approximate surface area is 146 Å². The molecule has 5 rings (SSSR count). The van der Waals surface area contributed by atoms with Gasteiger partial charge in [0.2, 0.25) is 5.82 Å². The predicted octanol–water partition coefficient (Wildman–Crippen LogP) is 1.96. The summed E-state index contributed by atoms with van der Waals surface area (Å²) in [5.41, 5.74) is 2.45. The van der Waals surface area contributed by atoms with Gasteiger partial charge in [-0.2, -0.15) is 5.21 Å². The summed E-state index contributed by atoms with van der Waals surface area (Å²) in [5, 5.41) is 13.9. The van der Waals surface area contributed by atoms with Crippen LogP contribution in [0.25, 0.3) is 16.6 Å². The normalized spacial score (nSPS) is 13.5. The molecule has 0 unspecified atom stereocenters. The van der Waals surface area contributed by atoms with Crippen LogP contribution in [0.1, 0.15) is 32.4 Å². The van der Waals surface area contributed by atoms with E-state index >= 15 is 0 Å². The number of allylic oxidation sites excluding steroid dienone is 1. The molecule has 2 aromatic heterocycles. The number of carbonyl (C=O) groups is 2. The third-order valence-corrected chi connectivity index (χ3v) is 4.32. The fraction of sp³-hybridized carbons (Fsp3) is 0. The van der Waals surface area contributed by atoms with Gasteiger partial charge in [-0.05, 0) is 17.3 Å². The van der Waals surface area contributed by atoms with Gasteiger partial charge in [0.1, 0.15) is 5.82 Å². The summed E-state index contributed by atoms with van der Waals surface area (Å²) < 4.78 is 0. The van der Waals surface area contributed by atoms with E-state index in [0.29, 0.717) is 22.5 Å². The monoisotopic (exact) mass is 342 g/mol. The van der Waals surface area contributed by atoms with Gasteiger partial charge in [-0.25, -0.2) is 4.98 Å². The highest BCUT2D eigenvalue weighted by Gasteiger charge is 2.37. The molecule has 26 heavy (non-hydrogen) atoms. The molecule has 4 aromatic rings. The van der Waals surface area contributed by atoms with E-state index in [0.717, 1.165) is 5.52 Å². The van der Waals surface area contributed by atoms with Crippen LogP contribution in [0.2, 0.25) is 0 Å². The van der Waals surface area contributed by atoms with Crippen molar-refractivity contribution >= 4 is 28.2 Å².